The van der Waals surface area contributed by atoms with E-state index in [0.29, 0.717) is 6.42 Å². The molecule has 3 unspecified atom stereocenters. The first-order valence-electron chi connectivity index (χ1n) is 6.80. The Labute approximate surface area is 113 Å². The van der Waals surface area contributed by atoms with E-state index in [2.05, 4.69) is 5.32 Å². The molecule has 1 aliphatic rings. The highest BCUT2D eigenvalue weighted by atomic mass is 16.5. The number of carbonyl (C=O) groups is 1. The summed E-state index contributed by atoms with van der Waals surface area (Å²) >= 11 is 0. The van der Waals surface area contributed by atoms with Gasteiger partial charge in [-0.1, -0.05) is 25.1 Å². The normalized spacial score (nSPS) is 22.5. The maximum Gasteiger partial charge on any atom is 0.261 e. The van der Waals surface area contributed by atoms with Crippen LogP contribution in [0.5, 0.6) is 5.75 Å². The first kappa shape index (κ1) is 13.9. The summed E-state index contributed by atoms with van der Waals surface area (Å²) in [4.78, 5) is 12.2. The van der Waals surface area contributed by atoms with Gasteiger partial charge >= 0.3 is 0 Å². The molecule has 1 aromatic carbocycles. The molecule has 0 saturated carbocycles. The zero-order chi connectivity index (χ0) is 13.8. The topological polar surface area (TPSA) is 58.6 Å². The molecule has 4 nitrogen and oxygen atoms in total. The molecule has 2 rings (SSSR count). The van der Waals surface area contributed by atoms with Crippen LogP contribution in [0, 0.1) is 0 Å². The lowest BCUT2D eigenvalue weighted by Gasteiger charge is -2.19. The smallest absolute Gasteiger partial charge is 0.261 e. The number of aliphatic hydroxyl groups excluding tert-OH is 1. The van der Waals surface area contributed by atoms with Crippen LogP contribution >= 0.6 is 0 Å². The van der Waals surface area contributed by atoms with E-state index in [1.54, 1.807) is 0 Å². The molecule has 2 N–H and O–H groups in total. The molecule has 0 bridgehead atoms. The fourth-order valence-electron chi connectivity index (χ4n) is 2.44. The molecule has 0 spiro atoms. The minimum atomic E-state index is -0.450. The monoisotopic (exact) mass is 263 g/mol. The summed E-state index contributed by atoms with van der Waals surface area (Å²) in [7, 11) is 0. The lowest BCUT2D eigenvalue weighted by molar-refractivity contribution is -0.128. The maximum absolute atomic E-state index is 12.2. The summed E-state index contributed by atoms with van der Waals surface area (Å²) in [5.41, 5.74) is 1.09. The third-order valence-electron chi connectivity index (χ3n) is 3.56. The molecule has 1 aromatic rings. The Hall–Kier alpha value is -1.55. The number of amides is 1. The number of hydrogen-bond acceptors (Lipinski definition) is 3. The summed E-state index contributed by atoms with van der Waals surface area (Å²) in [5, 5.41) is 11.7. The Morgan fingerprint density at radius 1 is 1.47 bits per heavy atom. The highest BCUT2D eigenvalue weighted by Gasteiger charge is 2.36. The van der Waals surface area contributed by atoms with Crippen LogP contribution in [0.25, 0.3) is 0 Å². The molecule has 19 heavy (non-hydrogen) atoms. The fourth-order valence-corrected chi connectivity index (χ4v) is 2.44. The number of rotatable bonds is 5. The molecule has 3 atom stereocenters. The van der Waals surface area contributed by atoms with Gasteiger partial charge in [0, 0.05) is 24.1 Å². The van der Waals surface area contributed by atoms with Crippen molar-refractivity contribution in [2.75, 3.05) is 6.61 Å². The van der Waals surface area contributed by atoms with Crippen LogP contribution in [0.15, 0.2) is 24.3 Å². The molecule has 0 radical (unpaired) electrons. The first-order valence-corrected chi connectivity index (χ1v) is 6.80. The predicted molar refractivity (Wildman–Crippen MR) is 73.2 cm³/mol. The minimum Gasteiger partial charge on any atom is -0.480 e. The van der Waals surface area contributed by atoms with E-state index < -0.39 is 6.10 Å². The Bertz CT molecular complexity index is 447. The van der Waals surface area contributed by atoms with Crippen LogP contribution in [0.1, 0.15) is 38.2 Å². The van der Waals surface area contributed by atoms with Crippen molar-refractivity contribution in [2.45, 2.75) is 44.8 Å². The van der Waals surface area contributed by atoms with Gasteiger partial charge in [-0.3, -0.25) is 4.79 Å². The van der Waals surface area contributed by atoms with E-state index >= 15 is 0 Å². The van der Waals surface area contributed by atoms with Gasteiger partial charge in [0.25, 0.3) is 5.91 Å². The molecule has 4 heteroatoms. The second-order valence-electron chi connectivity index (χ2n) is 5.14. The van der Waals surface area contributed by atoms with Crippen LogP contribution in [0.2, 0.25) is 0 Å². The number of ether oxygens (including phenoxy) is 1. The number of benzene rings is 1. The van der Waals surface area contributed by atoms with E-state index in [-0.39, 0.29) is 24.5 Å². The molecule has 0 aliphatic carbocycles. The summed E-state index contributed by atoms with van der Waals surface area (Å²) in [6.07, 6.45) is 1.02. The summed E-state index contributed by atoms with van der Waals surface area (Å²) in [5.74, 6) is 0.800. The molecule has 104 valence electrons. The van der Waals surface area contributed by atoms with Crippen molar-refractivity contribution >= 4 is 5.91 Å². The predicted octanol–water partition coefficient (Wildman–Crippen LogP) is 1.83. The van der Waals surface area contributed by atoms with E-state index in [1.807, 2.05) is 38.1 Å². The van der Waals surface area contributed by atoms with Gasteiger partial charge in [-0.05, 0) is 25.8 Å². The van der Waals surface area contributed by atoms with Crippen molar-refractivity contribution in [2.24, 2.45) is 0 Å². The van der Waals surface area contributed by atoms with Crippen molar-refractivity contribution in [1.82, 2.24) is 5.32 Å². The van der Waals surface area contributed by atoms with Crippen molar-refractivity contribution in [3.8, 4) is 5.75 Å². The van der Waals surface area contributed by atoms with Crippen LogP contribution < -0.4 is 10.1 Å². The van der Waals surface area contributed by atoms with E-state index in [4.69, 9.17) is 9.84 Å². The molecule has 0 fully saturated rings. The first-order chi connectivity index (χ1) is 9.13. The lowest BCUT2D eigenvalue weighted by Crippen LogP contribution is -2.43. The molecule has 0 aromatic heterocycles. The molecule has 1 amide bonds. The van der Waals surface area contributed by atoms with Crippen molar-refractivity contribution in [3.63, 3.8) is 0 Å². The summed E-state index contributed by atoms with van der Waals surface area (Å²) in [6, 6.07) is 7.83. The van der Waals surface area contributed by atoms with E-state index in [0.717, 1.165) is 17.7 Å². The van der Waals surface area contributed by atoms with Crippen LogP contribution in [0.4, 0.5) is 0 Å². The van der Waals surface area contributed by atoms with Gasteiger partial charge in [0.05, 0.1) is 0 Å². The van der Waals surface area contributed by atoms with Gasteiger partial charge in [-0.25, -0.2) is 0 Å². The third-order valence-corrected chi connectivity index (χ3v) is 3.56. The van der Waals surface area contributed by atoms with Crippen LogP contribution in [-0.4, -0.2) is 29.8 Å². The maximum atomic E-state index is 12.2. The van der Waals surface area contributed by atoms with Gasteiger partial charge in [-0.15, -0.1) is 0 Å². The Balaban J connectivity index is 1.95. The lowest BCUT2D eigenvalue weighted by atomic mass is 9.97. The number of carbonyl (C=O) groups excluding carboxylic acids is 1. The quantitative estimate of drug-likeness (QED) is 0.852. The Morgan fingerprint density at radius 3 is 2.89 bits per heavy atom. The van der Waals surface area contributed by atoms with Gasteiger partial charge in [0.2, 0.25) is 0 Å². The highest BCUT2D eigenvalue weighted by Crippen LogP contribution is 2.37. The molecule has 1 heterocycles. The van der Waals surface area contributed by atoms with Gasteiger partial charge < -0.3 is 15.2 Å². The fraction of sp³-hybridized carbons (Fsp3) is 0.533. The second kappa shape index (κ2) is 6.06. The SMILES string of the molecule is CC(CCCO)NC(=O)C1Oc2ccccc2C1C. The number of fused-ring (bicyclic) bond motifs is 1. The van der Waals surface area contributed by atoms with Crippen molar-refractivity contribution in [3.05, 3.63) is 29.8 Å². The number of aliphatic hydroxyl groups is 1. The largest absolute Gasteiger partial charge is 0.480 e. The Kier molecular flexibility index (Phi) is 4.43. The highest BCUT2D eigenvalue weighted by molar-refractivity contribution is 5.83. The molecular formula is C15H21NO3. The number of para-hydroxylation sites is 1. The standard InChI is InChI=1S/C15H21NO3/c1-10(6-5-9-17)16-15(18)14-11(2)12-7-3-4-8-13(12)19-14/h3-4,7-8,10-11,14,17H,5-6,9H2,1-2H3,(H,16,18). The molecule has 0 saturated heterocycles. The average molecular weight is 263 g/mol. The van der Waals surface area contributed by atoms with Crippen molar-refractivity contribution < 1.29 is 14.6 Å². The van der Waals surface area contributed by atoms with E-state index in [9.17, 15) is 4.79 Å². The number of hydrogen-bond donors (Lipinski definition) is 2. The summed E-state index contributed by atoms with van der Waals surface area (Å²) < 4.78 is 5.72. The van der Waals surface area contributed by atoms with Crippen LogP contribution in [0.3, 0.4) is 0 Å². The van der Waals surface area contributed by atoms with Gasteiger partial charge in [-0.2, -0.15) is 0 Å². The average Bonchev–Trinajstić information content (AvgIpc) is 2.74. The third kappa shape index (κ3) is 3.07. The second-order valence-corrected chi connectivity index (χ2v) is 5.14. The van der Waals surface area contributed by atoms with Crippen molar-refractivity contribution in [1.29, 1.82) is 0 Å². The minimum absolute atomic E-state index is 0.0548. The zero-order valence-corrected chi connectivity index (χ0v) is 11.4. The zero-order valence-electron chi connectivity index (χ0n) is 11.4. The Morgan fingerprint density at radius 2 is 2.21 bits per heavy atom. The van der Waals surface area contributed by atoms with Gasteiger partial charge in [0.1, 0.15) is 5.75 Å². The summed E-state index contributed by atoms with van der Waals surface area (Å²) in [6.45, 7) is 4.11. The van der Waals surface area contributed by atoms with Crippen LogP contribution in [-0.2, 0) is 4.79 Å². The van der Waals surface area contributed by atoms with E-state index in [1.165, 1.54) is 0 Å². The molecular weight excluding hydrogens is 242 g/mol. The molecule has 1 aliphatic heterocycles. The van der Waals surface area contributed by atoms with Gasteiger partial charge in [0.15, 0.2) is 6.10 Å². The number of nitrogens with one attached hydrogen (secondary N) is 1.